The second-order valence-corrected chi connectivity index (χ2v) is 40.5. The lowest BCUT2D eigenvalue weighted by molar-refractivity contribution is -0.712. The van der Waals surface area contributed by atoms with Gasteiger partial charge in [0.25, 0.3) is 17.7 Å². The molecule has 1 aliphatic rings. The van der Waals surface area contributed by atoms with Crippen LogP contribution in [0.3, 0.4) is 0 Å². The zero-order valence-corrected chi connectivity index (χ0v) is 84.5. The van der Waals surface area contributed by atoms with E-state index >= 15 is 0 Å². The highest BCUT2D eigenvalue weighted by Crippen LogP contribution is 2.39. The summed E-state index contributed by atoms with van der Waals surface area (Å²) in [6.45, 7) is 43.1. The first-order valence-corrected chi connectivity index (χ1v) is 48.2. The number of rotatable bonds is 32. The predicted octanol–water partition coefficient (Wildman–Crippen LogP) is 23.2. The van der Waals surface area contributed by atoms with Gasteiger partial charge in [0, 0.05) is 111 Å². The minimum atomic E-state index is -0.819. The molecule has 728 valence electrons. The first-order chi connectivity index (χ1) is 65.3. The highest BCUT2D eigenvalue weighted by molar-refractivity contribution is 6.05. The third kappa shape index (κ3) is 27.1. The van der Waals surface area contributed by atoms with Crippen molar-refractivity contribution >= 4 is 138 Å². The van der Waals surface area contributed by atoms with E-state index in [1.807, 2.05) is 280 Å². The summed E-state index contributed by atoms with van der Waals surface area (Å²) in [5, 5.41) is 18.7. The molecule has 0 radical (unpaired) electrons. The Bertz CT molecular complexity index is 6120. The number of allylic oxidation sites excluding steroid dienone is 2. The maximum atomic E-state index is 14.5. The van der Waals surface area contributed by atoms with E-state index < -0.39 is 76.2 Å². The van der Waals surface area contributed by atoms with Crippen LogP contribution in [-0.2, 0) is 23.7 Å². The molecule has 11 aromatic rings. The van der Waals surface area contributed by atoms with Crippen molar-refractivity contribution in [3.05, 3.63) is 238 Å². The first-order valence-electron chi connectivity index (χ1n) is 48.2. The van der Waals surface area contributed by atoms with Crippen LogP contribution in [0, 0.1) is 34.6 Å². The summed E-state index contributed by atoms with van der Waals surface area (Å²) in [5.41, 5.74) is 16.1. The van der Waals surface area contributed by atoms with Crippen molar-refractivity contribution in [3.8, 4) is 11.4 Å². The summed E-state index contributed by atoms with van der Waals surface area (Å²) in [7, 11) is 0. The van der Waals surface area contributed by atoms with Gasteiger partial charge < -0.3 is 45.0 Å². The van der Waals surface area contributed by atoms with E-state index in [1.165, 1.54) is 18.2 Å². The van der Waals surface area contributed by atoms with Crippen LogP contribution in [0.1, 0.15) is 254 Å². The van der Waals surface area contributed by atoms with Crippen LogP contribution in [0.15, 0.2) is 193 Å². The number of quaternary nitrogens is 1. The fourth-order valence-electron chi connectivity index (χ4n) is 17.0. The molecule has 0 aliphatic carbocycles. The SMILES string of the molecule is C/C=C1/Nc2cc(C)c(N(CCCCCCNC(=O)c3cc(C(=O)NCCCCCCN(C(=O)OC(C)(C)C)c4cc5c(cc4C)nc4cc(C)c(NC(=O)OC(C)(C)C)cc4[n+]5-c4ccccc4)cc(C(=O)NCCCCCCN(C(=O)OC(C)(C)C)c4cc5c(cc4C)nc4cc(C)c(NC(=O)OC(C)(C)C)cc4[n+]5-c4ccccc4)c3)C(=O)OC(C)(C)C)cc2[NH+](c2ccccc2)/C1=C/C. The first kappa shape index (κ1) is 103. The maximum Gasteiger partial charge on any atom is 0.414 e. The number of amides is 8. The average Bonchev–Trinajstić information content (AvgIpc) is 0.747. The van der Waals surface area contributed by atoms with E-state index in [9.17, 15) is 38.4 Å². The van der Waals surface area contributed by atoms with Crippen LogP contribution < -0.4 is 60.6 Å². The number of carbonyl (C=O) groups excluding carboxylic acids is 8. The van der Waals surface area contributed by atoms with Gasteiger partial charge >= 0.3 is 30.5 Å². The molecule has 2 aromatic heterocycles. The highest BCUT2D eigenvalue weighted by Gasteiger charge is 2.38. The van der Waals surface area contributed by atoms with Crippen molar-refractivity contribution < 1.29 is 76.1 Å². The van der Waals surface area contributed by atoms with Gasteiger partial charge in [-0.1, -0.05) is 99.2 Å². The number of hydrogen-bond donors (Lipinski definition) is 7. The molecule has 3 heterocycles. The molecule has 27 heteroatoms. The molecule has 12 rings (SSSR count). The molecule has 1 aliphatic heterocycles. The Kier molecular flexibility index (Phi) is 33.3. The Morgan fingerprint density at radius 3 is 1.01 bits per heavy atom. The highest BCUT2D eigenvalue weighted by atomic mass is 16.6. The lowest BCUT2D eigenvalue weighted by atomic mass is 10.0. The number of unbranched alkanes of at least 4 members (excludes halogenated alkanes) is 9. The number of hydrogen-bond acceptors (Lipinski definition) is 16. The van der Waals surface area contributed by atoms with Crippen LogP contribution >= 0.6 is 0 Å². The second kappa shape index (κ2) is 44.5. The molecule has 138 heavy (non-hydrogen) atoms. The molecule has 0 saturated carbocycles. The summed E-state index contributed by atoms with van der Waals surface area (Å²) < 4.78 is 33.8. The van der Waals surface area contributed by atoms with Crippen molar-refractivity contribution in [1.29, 1.82) is 0 Å². The number of nitrogens with one attached hydrogen (secondary N) is 7. The zero-order valence-electron chi connectivity index (χ0n) is 84.5. The molecule has 1 unspecified atom stereocenters. The Hall–Kier alpha value is -13.8. The summed E-state index contributed by atoms with van der Waals surface area (Å²) in [4.78, 5) is 130. The van der Waals surface area contributed by atoms with E-state index in [0.29, 0.717) is 164 Å². The quantitative estimate of drug-likeness (QED) is 0.00892. The summed E-state index contributed by atoms with van der Waals surface area (Å²) >= 11 is 0. The lowest BCUT2D eigenvalue weighted by Crippen LogP contribution is -3.01. The third-order valence-electron chi connectivity index (χ3n) is 23.3. The van der Waals surface area contributed by atoms with Crippen molar-refractivity contribution in [3.63, 3.8) is 0 Å². The number of aromatic nitrogens is 4. The molecule has 0 spiro atoms. The molecule has 0 fully saturated rings. The number of anilines is 6. The van der Waals surface area contributed by atoms with Gasteiger partial charge in [0.1, 0.15) is 61.4 Å². The van der Waals surface area contributed by atoms with Crippen LogP contribution in [0.5, 0.6) is 0 Å². The number of nitrogens with zero attached hydrogens (tertiary/aromatic N) is 7. The van der Waals surface area contributed by atoms with Gasteiger partial charge in [-0.15, -0.1) is 9.13 Å². The van der Waals surface area contributed by atoms with Gasteiger partial charge in [-0.05, 0) is 285 Å². The summed E-state index contributed by atoms with van der Waals surface area (Å²) in [5.74, 6) is -1.40. The lowest BCUT2D eigenvalue weighted by Gasteiger charge is -2.33. The molecular formula is C111H139N14O13+3. The molecule has 0 saturated heterocycles. The molecule has 1 atom stereocenters. The second-order valence-electron chi connectivity index (χ2n) is 40.5. The number of benzene rings is 9. The number of fused-ring (bicyclic) bond motifs is 5. The van der Waals surface area contributed by atoms with Crippen LogP contribution in [-0.4, -0.2) is 125 Å². The average molecular weight is 1880 g/mol. The molecule has 7 N–H and O–H groups in total. The Balaban J connectivity index is 0.732. The monoisotopic (exact) mass is 1880 g/mol. The van der Waals surface area contributed by atoms with Crippen LogP contribution in [0.2, 0.25) is 0 Å². The largest absolute Gasteiger partial charge is 0.444 e. The molecular weight excluding hydrogens is 1740 g/mol. The van der Waals surface area contributed by atoms with Crippen LogP contribution in [0.25, 0.3) is 55.5 Å². The number of aryl methyl sites for hydroxylation is 5. The van der Waals surface area contributed by atoms with Crippen molar-refractivity contribution in [1.82, 2.24) is 25.9 Å². The fraction of sp³-hybridized carbons (Fsp3) is 0.405. The fourth-order valence-corrected chi connectivity index (χ4v) is 17.0. The maximum absolute atomic E-state index is 14.5. The molecule has 27 nitrogen and oxygen atoms in total. The Labute approximate surface area is 811 Å². The van der Waals surface area contributed by atoms with Crippen molar-refractivity contribution in [2.75, 3.05) is 69.9 Å². The van der Waals surface area contributed by atoms with Crippen molar-refractivity contribution in [2.24, 2.45) is 0 Å². The summed E-state index contributed by atoms with van der Waals surface area (Å²) in [6.07, 6.45) is 9.19. The van der Waals surface area contributed by atoms with Crippen LogP contribution in [0.4, 0.5) is 69.5 Å². The standard InChI is InChI=1S/C111H136N14O13/c1-23-82-90(24-2)123(79-46-34-31-35-47-79)96-68-91(73(5)60-87(96)115-82)120(104(131)136-109(14,15)16)55-43-28-25-40-52-112-99(126)76-63-77(100(127)113-53-41-26-29-44-56-121(105(132)137-110(17,18)19)92-69-97-88(61-74(92)6)116-85-58-71(3)83(118-102(129)134-107(8,9)10)66-94(85)124(97)80-48-36-32-37-49-80)65-78(64-76)101(128)114-54-42-27-30-45-57-122(106(133)138-111(20,21)22)93-70-98-89(62-75(93)7)117-86-59-72(4)84(119-103(130)135-108(11,12)13)67-95(86)125(98)81-50-38-33-39-51-81/h23-24,31-39,46-51,58-70,115H,25-30,40-45,52-57H2,1-22H3,(H3,112,113,114,126,127,128)/p+3/b82-23+,90-24+. The Morgan fingerprint density at radius 1 is 0.362 bits per heavy atom. The van der Waals surface area contributed by atoms with E-state index in [4.69, 9.17) is 33.7 Å². The van der Waals surface area contributed by atoms with Gasteiger partial charge in [-0.25, -0.2) is 38.8 Å². The minimum absolute atomic E-state index is 0.128. The van der Waals surface area contributed by atoms with Gasteiger partial charge in [0.05, 0.1) is 34.1 Å². The van der Waals surface area contributed by atoms with E-state index in [-0.39, 0.29) is 29.8 Å². The van der Waals surface area contributed by atoms with Gasteiger partial charge in [-0.2, -0.15) is 0 Å². The van der Waals surface area contributed by atoms with Gasteiger partial charge in [0.2, 0.25) is 33.4 Å². The number of ether oxygens (including phenoxy) is 5. The normalized spacial score (nSPS) is 13.5. The smallest absolute Gasteiger partial charge is 0.414 e. The third-order valence-corrected chi connectivity index (χ3v) is 23.3. The van der Waals surface area contributed by atoms with Gasteiger partial charge in [-0.3, -0.25) is 39.7 Å². The molecule has 8 amide bonds. The zero-order chi connectivity index (χ0) is 99.9. The van der Waals surface area contributed by atoms with E-state index in [0.717, 1.165) is 84.7 Å². The molecule has 9 aromatic carbocycles. The molecule has 0 bridgehead atoms. The van der Waals surface area contributed by atoms with E-state index in [1.54, 1.807) is 14.7 Å². The summed E-state index contributed by atoms with van der Waals surface area (Å²) in [6, 6.07) is 54.2. The van der Waals surface area contributed by atoms with E-state index in [2.05, 4.69) is 77.5 Å². The number of carbonyl (C=O) groups is 8. The van der Waals surface area contributed by atoms with Gasteiger partial charge in [0.15, 0.2) is 11.4 Å². The number of para-hydroxylation sites is 3. The predicted molar refractivity (Wildman–Crippen MR) is 549 cm³/mol. The Morgan fingerprint density at radius 2 is 0.674 bits per heavy atom. The topological polar surface area (TPSA) is 303 Å². The van der Waals surface area contributed by atoms with Crippen molar-refractivity contribution in [2.45, 2.75) is 257 Å². The minimum Gasteiger partial charge on any atom is -0.444 e.